The first kappa shape index (κ1) is 14.4. The van der Waals surface area contributed by atoms with E-state index in [1.165, 1.54) is 6.08 Å². The summed E-state index contributed by atoms with van der Waals surface area (Å²) in [6, 6.07) is 10.8. The lowest BCUT2D eigenvalue weighted by Crippen LogP contribution is -2.16. The molecule has 0 saturated heterocycles. The van der Waals surface area contributed by atoms with Gasteiger partial charge in [-0.1, -0.05) is 6.07 Å². The minimum atomic E-state index is -0.232. The molecule has 6 nitrogen and oxygen atoms in total. The highest BCUT2D eigenvalue weighted by molar-refractivity contribution is 6.02. The number of carbonyl (C=O) groups excluding carboxylic acids is 1. The zero-order valence-corrected chi connectivity index (χ0v) is 12.8. The van der Waals surface area contributed by atoms with Gasteiger partial charge in [0.2, 0.25) is 12.7 Å². The van der Waals surface area contributed by atoms with E-state index in [2.05, 4.69) is 5.32 Å². The van der Waals surface area contributed by atoms with Gasteiger partial charge in [0.1, 0.15) is 13.2 Å². The van der Waals surface area contributed by atoms with Gasteiger partial charge in [-0.3, -0.25) is 4.79 Å². The number of nitrogens with one attached hydrogen (secondary N) is 1. The maximum atomic E-state index is 12.1. The molecule has 0 atom stereocenters. The molecule has 2 aromatic rings. The van der Waals surface area contributed by atoms with Gasteiger partial charge < -0.3 is 24.3 Å². The number of hydrogen-bond donors (Lipinski definition) is 1. The fraction of sp³-hybridized carbons (Fsp3) is 0.167. The molecule has 4 rings (SSSR count). The molecule has 0 aliphatic carbocycles. The lowest BCUT2D eigenvalue weighted by Gasteiger charge is -2.18. The molecular weight excluding hydrogens is 310 g/mol. The third kappa shape index (κ3) is 2.99. The van der Waals surface area contributed by atoms with E-state index in [0.29, 0.717) is 41.9 Å². The molecule has 2 aliphatic heterocycles. The summed E-state index contributed by atoms with van der Waals surface area (Å²) in [5.41, 5.74) is 1.51. The fourth-order valence-electron chi connectivity index (χ4n) is 2.49. The van der Waals surface area contributed by atoms with E-state index in [0.717, 1.165) is 5.56 Å². The number of rotatable bonds is 3. The van der Waals surface area contributed by atoms with Crippen LogP contribution in [0.25, 0.3) is 6.08 Å². The third-order valence-electron chi connectivity index (χ3n) is 3.63. The van der Waals surface area contributed by atoms with Crippen LogP contribution in [0.4, 0.5) is 5.69 Å². The minimum Gasteiger partial charge on any atom is -0.486 e. The van der Waals surface area contributed by atoms with Crippen LogP contribution in [-0.2, 0) is 4.79 Å². The lowest BCUT2D eigenvalue weighted by molar-refractivity contribution is -0.111. The molecule has 1 N–H and O–H groups in total. The quantitative estimate of drug-likeness (QED) is 0.879. The van der Waals surface area contributed by atoms with Gasteiger partial charge in [-0.2, -0.15) is 0 Å². The first-order valence-electron chi connectivity index (χ1n) is 7.56. The van der Waals surface area contributed by atoms with Crippen molar-refractivity contribution in [3.63, 3.8) is 0 Å². The molecule has 0 spiro atoms. The van der Waals surface area contributed by atoms with Crippen molar-refractivity contribution < 1.29 is 23.7 Å². The molecule has 0 aromatic heterocycles. The van der Waals surface area contributed by atoms with E-state index < -0.39 is 0 Å². The van der Waals surface area contributed by atoms with E-state index in [1.807, 2.05) is 18.2 Å². The van der Waals surface area contributed by atoms with Gasteiger partial charge >= 0.3 is 0 Å². The van der Waals surface area contributed by atoms with Crippen molar-refractivity contribution in [2.75, 3.05) is 25.3 Å². The molecule has 2 aromatic carbocycles. The first-order chi connectivity index (χ1) is 11.8. The van der Waals surface area contributed by atoms with Gasteiger partial charge in [-0.25, -0.2) is 0 Å². The highest BCUT2D eigenvalue weighted by atomic mass is 16.7. The van der Waals surface area contributed by atoms with Crippen molar-refractivity contribution in [1.82, 2.24) is 0 Å². The average molecular weight is 325 g/mol. The Bertz CT molecular complexity index is 815. The van der Waals surface area contributed by atoms with Crippen molar-refractivity contribution in [1.29, 1.82) is 0 Å². The standard InChI is InChI=1S/C18H15NO5/c20-18(6-2-12-1-4-15-16(9-12)24-11-23-15)19-13-3-5-14-17(10-13)22-8-7-21-14/h1-6,9-10H,7-8,11H2,(H,19,20). The van der Waals surface area contributed by atoms with Crippen molar-refractivity contribution >= 4 is 17.7 Å². The number of carbonyl (C=O) groups is 1. The molecule has 1 amide bonds. The van der Waals surface area contributed by atoms with Crippen LogP contribution in [0, 0.1) is 0 Å². The highest BCUT2D eigenvalue weighted by Crippen LogP contribution is 2.33. The monoisotopic (exact) mass is 325 g/mol. The number of benzene rings is 2. The molecule has 6 heteroatoms. The van der Waals surface area contributed by atoms with Gasteiger partial charge in [0, 0.05) is 17.8 Å². The van der Waals surface area contributed by atoms with Crippen LogP contribution < -0.4 is 24.3 Å². The predicted octanol–water partition coefficient (Wildman–Crippen LogP) is 2.84. The van der Waals surface area contributed by atoms with Gasteiger partial charge in [-0.05, 0) is 35.9 Å². The van der Waals surface area contributed by atoms with E-state index in [4.69, 9.17) is 18.9 Å². The second-order valence-electron chi connectivity index (χ2n) is 5.29. The number of ether oxygens (including phenoxy) is 4. The zero-order chi connectivity index (χ0) is 16.4. The largest absolute Gasteiger partial charge is 0.486 e. The topological polar surface area (TPSA) is 66.0 Å². The average Bonchev–Trinajstić information content (AvgIpc) is 3.07. The van der Waals surface area contributed by atoms with E-state index >= 15 is 0 Å². The predicted molar refractivity (Wildman–Crippen MR) is 87.7 cm³/mol. The van der Waals surface area contributed by atoms with Gasteiger partial charge in [-0.15, -0.1) is 0 Å². The van der Waals surface area contributed by atoms with E-state index in [-0.39, 0.29) is 12.7 Å². The van der Waals surface area contributed by atoms with E-state index in [1.54, 1.807) is 24.3 Å². The molecule has 0 unspecified atom stereocenters. The Kier molecular flexibility index (Phi) is 3.70. The maximum Gasteiger partial charge on any atom is 0.248 e. The van der Waals surface area contributed by atoms with E-state index in [9.17, 15) is 4.79 Å². The highest BCUT2D eigenvalue weighted by Gasteiger charge is 2.13. The molecule has 0 saturated carbocycles. The normalized spacial score (nSPS) is 14.7. The molecule has 0 fully saturated rings. The summed E-state index contributed by atoms with van der Waals surface area (Å²) in [7, 11) is 0. The summed E-state index contributed by atoms with van der Waals surface area (Å²) in [5.74, 6) is 2.50. The van der Waals surface area contributed by atoms with Crippen molar-refractivity contribution in [3.8, 4) is 23.0 Å². The Labute approximate surface area is 138 Å². The molecule has 2 aliphatic rings. The molecule has 0 bridgehead atoms. The molecule has 0 radical (unpaired) electrons. The summed E-state index contributed by atoms with van der Waals surface area (Å²) >= 11 is 0. The maximum absolute atomic E-state index is 12.1. The van der Waals surface area contributed by atoms with Crippen LogP contribution in [-0.4, -0.2) is 25.9 Å². The minimum absolute atomic E-state index is 0.229. The van der Waals surface area contributed by atoms with Gasteiger partial charge in [0.25, 0.3) is 0 Å². The molecular formula is C18H15NO5. The second kappa shape index (κ2) is 6.16. The summed E-state index contributed by atoms with van der Waals surface area (Å²) in [6.45, 7) is 1.28. The molecule has 2 heterocycles. The first-order valence-corrected chi connectivity index (χ1v) is 7.56. The smallest absolute Gasteiger partial charge is 0.248 e. The number of fused-ring (bicyclic) bond motifs is 2. The van der Waals surface area contributed by atoms with Crippen LogP contribution >= 0.6 is 0 Å². The van der Waals surface area contributed by atoms with Crippen LogP contribution in [0.3, 0.4) is 0 Å². The Morgan fingerprint density at radius 1 is 0.875 bits per heavy atom. The van der Waals surface area contributed by atoms with Crippen molar-refractivity contribution in [2.24, 2.45) is 0 Å². The van der Waals surface area contributed by atoms with Crippen LogP contribution in [0.5, 0.6) is 23.0 Å². The SMILES string of the molecule is O=C(C=Cc1ccc2c(c1)OCO2)Nc1ccc2c(c1)OCCO2. The second-order valence-corrected chi connectivity index (χ2v) is 5.29. The van der Waals surface area contributed by atoms with Crippen LogP contribution in [0.15, 0.2) is 42.5 Å². The van der Waals surface area contributed by atoms with Crippen LogP contribution in [0.2, 0.25) is 0 Å². The van der Waals surface area contributed by atoms with Crippen molar-refractivity contribution in [2.45, 2.75) is 0 Å². The Morgan fingerprint density at radius 2 is 1.58 bits per heavy atom. The summed E-state index contributed by atoms with van der Waals surface area (Å²) in [5, 5.41) is 2.80. The fourth-order valence-corrected chi connectivity index (χ4v) is 2.49. The molecule has 122 valence electrons. The Hall–Kier alpha value is -3.15. The zero-order valence-electron chi connectivity index (χ0n) is 12.8. The summed E-state index contributed by atoms with van der Waals surface area (Å²) in [6.07, 6.45) is 3.18. The Morgan fingerprint density at radius 3 is 2.50 bits per heavy atom. The number of anilines is 1. The summed E-state index contributed by atoms with van der Waals surface area (Å²) in [4.78, 5) is 12.1. The summed E-state index contributed by atoms with van der Waals surface area (Å²) < 4.78 is 21.5. The van der Waals surface area contributed by atoms with Gasteiger partial charge in [0.15, 0.2) is 23.0 Å². The van der Waals surface area contributed by atoms with Crippen molar-refractivity contribution in [3.05, 3.63) is 48.0 Å². The van der Waals surface area contributed by atoms with Crippen LogP contribution in [0.1, 0.15) is 5.56 Å². The lowest BCUT2D eigenvalue weighted by atomic mass is 10.2. The Balaban J connectivity index is 1.43. The van der Waals surface area contributed by atoms with Gasteiger partial charge in [0.05, 0.1) is 0 Å². The third-order valence-corrected chi connectivity index (χ3v) is 3.63. The molecule has 24 heavy (non-hydrogen) atoms. The number of amides is 1. The number of hydrogen-bond acceptors (Lipinski definition) is 5.